The second-order valence-electron chi connectivity index (χ2n) is 10.6. The quantitative estimate of drug-likeness (QED) is 0.179. The topological polar surface area (TPSA) is 3.24 Å². The molecule has 0 aromatic heterocycles. The molecule has 0 heterocycles. The number of nitrogens with zero attached hydrogens (tertiary/aromatic N) is 1. The van der Waals surface area contributed by atoms with E-state index < -0.39 is 0 Å². The molecule has 0 atom stereocenters. The molecule has 0 fully saturated rings. The summed E-state index contributed by atoms with van der Waals surface area (Å²) in [6.45, 7) is 0. The van der Waals surface area contributed by atoms with E-state index in [0.29, 0.717) is 0 Å². The third-order valence-electron chi connectivity index (χ3n) is 7.87. The van der Waals surface area contributed by atoms with Crippen molar-refractivity contribution in [1.82, 2.24) is 0 Å². The lowest BCUT2D eigenvalue weighted by atomic mass is 9.93. The summed E-state index contributed by atoms with van der Waals surface area (Å²) in [4.78, 5) is 2.35. The Bertz CT molecular complexity index is 1970. The van der Waals surface area contributed by atoms with Crippen molar-refractivity contribution in [1.29, 1.82) is 0 Å². The van der Waals surface area contributed by atoms with Crippen LogP contribution in [0, 0.1) is 0 Å². The number of hydrogen-bond acceptors (Lipinski definition) is 1. The molecule has 0 amide bonds. The number of hydrogen-bond donors (Lipinski definition) is 0. The van der Waals surface area contributed by atoms with Crippen LogP contribution in [0.4, 0.5) is 17.1 Å². The Labute approximate surface area is 253 Å². The fraction of sp³-hybridized carbons (Fsp3) is 0. The van der Waals surface area contributed by atoms with Crippen molar-refractivity contribution in [3.8, 4) is 11.1 Å². The Balaban J connectivity index is 1.31. The molecule has 1 nitrogen and oxygen atoms in total. The highest BCUT2D eigenvalue weighted by atomic mass is 15.1. The third kappa shape index (κ3) is 5.62. The minimum absolute atomic E-state index is 1.12. The van der Waals surface area contributed by atoms with Crippen LogP contribution in [0.5, 0.6) is 0 Å². The second-order valence-corrected chi connectivity index (χ2v) is 10.6. The van der Waals surface area contributed by atoms with Gasteiger partial charge in [0.05, 0.1) is 5.69 Å². The van der Waals surface area contributed by atoms with E-state index in [1.165, 1.54) is 44.2 Å². The van der Waals surface area contributed by atoms with Gasteiger partial charge in [-0.2, -0.15) is 0 Å². The summed E-state index contributed by atoms with van der Waals surface area (Å²) in [6.07, 6.45) is 2.28. The molecule has 7 aromatic carbocycles. The first kappa shape index (κ1) is 26.3. The van der Waals surface area contributed by atoms with E-state index in [1.54, 1.807) is 0 Å². The van der Waals surface area contributed by atoms with Crippen LogP contribution in [0.25, 0.3) is 33.5 Å². The molecule has 0 radical (unpaired) electrons. The maximum atomic E-state index is 2.35. The van der Waals surface area contributed by atoms with Crippen LogP contribution >= 0.6 is 0 Å². The Hall–Kier alpha value is -5.66. The summed E-state index contributed by atoms with van der Waals surface area (Å²) in [6, 6.07) is 64.7. The number of fused-ring (bicyclic) bond motifs is 1. The van der Waals surface area contributed by atoms with E-state index in [1.807, 2.05) is 0 Å². The maximum absolute atomic E-state index is 2.35. The fourth-order valence-corrected chi connectivity index (χ4v) is 5.72. The van der Waals surface area contributed by atoms with Crippen LogP contribution < -0.4 is 4.90 Å². The molecule has 0 aliphatic heterocycles. The highest BCUT2D eigenvalue weighted by Gasteiger charge is 2.16. The van der Waals surface area contributed by atoms with Crippen LogP contribution in [0.2, 0.25) is 0 Å². The number of anilines is 3. The number of para-hydroxylation sites is 1. The van der Waals surface area contributed by atoms with Gasteiger partial charge in [0.25, 0.3) is 0 Å². The summed E-state index contributed by atoms with van der Waals surface area (Å²) in [7, 11) is 0. The summed E-state index contributed by atoms with van der Waals surface area (Å²) in [5.74, 6) is 0. The Morgan fingerprint density at radius 3 is 1.60 bits per heavy atom. The van der Waals surface area contributed by atoms with Crippen molar-refractivity contribution in [2.24, 2.45) is 0 Å². The molecule has 0 bridgehead atoms. The lowest BCUT2D eigenvalue weighted by Crippen LogP contribution is -2.10. The van der Waals surface area contributed by atoms with Gasteiger partial charge in [0, 0.05) is 16.8 Å². The molecular formula is C42H31N. The molecule has 0 aliphatic rings. The lowest BCUT2D eigenvalue weighted by Gasteiger charge is -2.27. The van der Waals surface area contributed by atoms with Crippen molar-refractivity contribution >= 4 is 39.5 Å². The molecule has 0 saturated carbocycles. The van der Waals surface area contributed by atoms with Crippen molar-refractivity contribution in [3.63, 3.8) is 0 Å². The predicted molar refractivity (Wildman–Crippen MR) is 184 cm³/mol. The number of rotatable bonds is 7. The molecule has 0 aliphatic carbocycles. The van der Waals surface area contributed by atoms with E-state index in [4.69, 9.17) is 0 Å². The molecule has 0 saturated heterocycles. The number of benzene rings is 7. The van der Waals surface area contributed by atoms with Crippen LogP contribution in [0.1, 0.15) is 16.7 Å². The molecule has 0 unspecified atom stereocenters. The zero-order valence-electron chi connectivity index (χ0n) is 23.8. The molecule has 7 rings (SSSR count). The monoisotopic (exact) mass is 549 g/mol. The first-order valence-electron chi connectivity index (χ1n) is 14.7. The summed E-state index contributed by atoms with van der Waals surface area (Å²) in [5.41, 5.74) is 10.6. The fourth-order valence-electron chi connectivity index (χ4n) is 5.72. The van der Waals surface area contributed by atoms with Gasteiger partial charge in [-0.25, -0.2) is 0 Å². The predicted octanol–water partition coefficient (Wildman–Crippen LogP) is 11.6. The van der Waals surface area contributed by atoms with Crippen molar-refractivity contribution in [2.45, 2.75) is 0 Å². The molecule has 7 aromatic rings. The van der Waals surface area contributed by atoms with Crippen LogP contribution in [-0.2, 0) is 0 Å². The van der Waals surface area contributed by atoms with Crippen molar-refractivity contribution < 1.29 is 0 Å². The standard InChI is InChI=1S/C42H31N/c1-4-13-32(14-5-1)31-41(36-25-23-34(24-26-36)33-15-6-2-7-16-33)37-27-29-39(30-28-37)43(38-19-8-3-9-20-38)42-22-12-18-35-17-10-11-21-40(35)42/h1-31H. The molecule has 204 valence electrons. The summed E-state index contributed by atoms with van der Waals surface area (Å²) >= 11 is 0. The molecule has 43 heavy (non-hydrogen) atoms. The van der Waals surface area contributed by atoms with E-state index in [9.17, 15) is 0 Å². The van der Waals surface area contributed by atoms with Gasteiger partial charge in [0.2, 0.25) is 0 Å². The van der Waals surface area contributed by atoms with Crippen molar-refractivity contribution in [3.05, 3.63) is 199 Å². The zero-order chi connectivity index (χ0) is 28.8. The Morgan fingerprint density at radius 2 is 0.907 bits per heavy atom. The molecular weight excluding hydrogens is 518 g/mol. The van der Waals surface area contributed by atoms with E-state index in [2.05, 4.69) is 193 Å². The van der Waals surface area contributed by atoms with Crippen molar-refractivity contribution in [2.75, 3.05) is 4.90 Å². The minimum atomic E-state index is 1.12. The highest BCUT2D eigenvalue weighted by molar-refractivity contribution is 5.99. The normalized spacial score (nSPS) is 11.4. The molecule has 0 N–H and O–H groups in total. The van der Waals surface area contributed by atoms with E-state index in [0.717, 1.165) is 17.1 Å². The molecule has 1 heteroatoms. The summed E-state index contributed by atoms with van der Waals surface area (Å²) < 4.78 is 0. The Kier molecular flexibility index (Phi) is 7.36. The zero-order valence-corrected chi connectivity index (χ0v) is 23.8. The van der Waals surface area contributed by atoms with Crippen LogP contribution in [0.15, 0.2) is 182 Å². The van der Waals surface area contributed by atoms with Gasteiger partial charge in [0.15, 0.2) is 0 Å². The average Bonchev–Trinajstić information content (AvgIpc) is 3.09. The Morgan fingerprint density at radius 1 is 0.395 bits per heavy atom. The van der Waals surface area contributed by atoms with E-state index >= 15 is 0 Å². The van der Waals surface area contributed by atoms with Gasteiger partial charge < -0.3 is 4.90 Å². The first-order valence-corrected chi connectivity index (χ1v) is 14.7. The SMILES string of the molecule is C(=C(c1ccc(-c2ccccc2)cc1)c1ccc(N(c2ccccc2)c2cccc3ccccc23)cc1)c1ccccc1. The van der Waals surface area contributed by atoms with Gasteiger partial charge in [-0.15, -0.1) is 0 Å². The highest BCUT2D eigenvalue weighted by Crippen LogP contribution is 2.39. The largest absolute Gasteiger partial charge is 0.310 e. The first-order chi connectivity index (χ1) is 21.3. The maximum Gasteiger partial charge on any atom is 0.0540 e. The van der Waals surface area contributed by atoms with Gasteiger partial charge >= 0.3 is 0 Å². The van der Waals surface area contributed by atoms with Crippen LogP contribution in [0.3, 0.4) is 0 Å². The summed E-state index contributed by atoms with van der Waals surface area (Å²) in [5, 5.41) is 2.45. The molecule has 0 spiro atoms. The van der Waals surface area contributed by atoms with Crippen LogP contribution in [-0.4, -0.2) is 0 Å². The van der Waals surface area contributed by atoms with Gasteiger partial charge in [-0.1, -0.05) is 152 Å². The van der Waals surface area contributed by atoms with Gasteiger partial charge in [-0.05, 0) is 75.2 Å². The van der Waals surface area contributed by atoms with Gasteiger partial charge in [0.1, 0.15) is 0 Å². The van der Waals surface area contributed by atoms with Gasteiger partial charge in [-0.3, -0.25) is 0 Å². The van der Waals surface area contributed by atoms with E-state index in [-0.39, 0.29) is 0 Å². The second kappa shape index (κ2) is 12.1. The minimum Gasteiger partial charge on any atom is -0.310 e. The smallest absolute Gasteiger partial charge is 0.0540 e. The lowest BCUT2D eigenvalue weighted by molar-refractivity contribution is 1.29. The average molecular weight is 550 g/mol. The third-order valence-corrected chi connectivity index (χ3v) is 7.87.